The van der Waals surface area contributed by atoms with Crippen LogP contribution in [-0.2, 0) is 0 Å². The number of rotatable bonds is 3. The first-order chi connectivity index (χ1) is 9.04. The van der Waals surface area contributed by atoms with Crippen LogP contribution < -0.4 is 5.73 Å². The first-order valence-corrected chi connectivity index (χ1v) is 6.97. The highest BCUT2D eigenvalue weighted by atomic mass is 19.2. The maximum absolute atomic E-state index is 13.4. The van der Waals surface area contributed by atoms with Crippen LogP contribution in [0.15, 0.2) is 18.2 Å². The molecule has 0 saturated carbocycles. The smallest absolute Gasteiger partial charge is 0.159 e. The molecule has 2 nitrogen and oxygen atoms in total. The molecule has 0 bridgehead atoms. The van der Waals surface area contributed by atoms with Crippen molar-refractivity contribution >= 4 is 0 Å². The van der Waals surface area contributed by atoms with Crippen molar-refractivity contribution < 1.29 is 8.78 Å². The summed E-state index contributed by atoms with van der Waals surface area (Å²) >= 11 is 0. The van der Waals surface area contributed by atoms with Crippen molar-refractivity contribution in [2.45, 2.75) is 51.2 Å². The highest BCUT2D eigenvalue weighted by molar-refractivity contribution is 5.21. The number of hydrogen-bond acceptors (Lipinski definition) is 2. The number of hydrogen-bond donors (Lipinski definition) is 1. The highest BCUT2D eigenvalue weighted by Gasteiger charge is 2.31. The quantitative estimate of drug-likeness (QED) is 0.912. The first-order valence-electron chi connectivity index (χ1n) is 6.97. The minimum Gasteiger partial charge on any atom is -0.329 e. The van der Waals surface area contributed by atoms with Gasteiger partial charge in [0.15, 0.2) is 11.6 Å². The Labute approximate surface area is 113 Å². The predicted molar refractivity (Wildman–Crippen MR) is 72.8 cm³/mol. The van der Waals surface area contributed by atoms with E-state index >= 15 is 0 Å². The van der Waals surface area contributed by atoms with E-state index in [0.717, 1.165) is 18.4 Å². The normalized spacial score (nSPS) is 26.4. The van der Waals surface area contributed by atoms with E-state index < -0.39 is 11.6 Å². The van der Waals surface area contributed by atoms with Crippen LogP contribution in [0.25, 0.3) is 0 Å². The zero-order chi connectivity index (χ0) is 14.0. The minimum absolute atomic E-state index is 0.0546. The Balaban J connectivity index is 2.24. The average Bonchev–Trinajstić information content (AvgIpc) is 2.40. The van der Waals surface area contributed by atoms with Gasteiger partial charge in [-0.15, -0.1) is 0 Å². The van der Waals surface area contributed by atoms with E-state index in [1.54, 1.807) is 6.07 Å². The number of halogens is 2. The van der Waals surface area contributed by atoms with Crippen LogP contribution in [0, 0.1) is 11.6 Å². The molecule has 1 fully saturated rings. The van der Waals surface area contributed by atoms with Gasteiger partial charge < -0.3 is 5.73 Å². The summed E-state index contributed by atoms with van der Waals surface area (Å²) in [6.07, 6.45) is 3.39. The molecular formula is C15H22F2N2. The van der Waals surface area contributed by atoms with E-state index in [-0.39, 0.29) is 6.04 Å². The topological polar surface area (TPSA) is 29.3 Å². The maximum atomic E-state index is 13.4. The monoisotopic (exact) mass is 268 g/mol. The lowest BCUT2D eigenvalue weighted by Crippen LogP contribution is -2.49. The van der Waals surface area contributed by atoms with E-state index in [1.165, 1.54) is 18.6 Å². The summed E-state index contributed by atoms with van der Waals surface area (Å²) in [6, 6.07) is 4.97. The molecule has 1 heterocycles. The molecule has 4 heteroatoms. The zero-order valence-electron chi connectivity index (χ0n) is 11.6. The fourth-order valence-electron chi connectivity index (χ4n) is 3.19. The molecule has 1 saturated heterocycles. The lowest BCUT2D eigenvalue weighted by atomic mass is 9.92. The van der Waals surface area contributed by atoms with Gasteiger partial charge >= 0.3 is 0 Å². The Kier molecular flexibility index (Phi) is 4.53. The first kappa shape index (κ1) is 14.4. The minimum atomic E-state index is -0.794. The Hall–Kier alpha value is -1.00. The van der Waals surface area contributed by atoms with Crippen molar-refractivity contribution in [1.82, 2.24) is 4.90 Å². The third kappa shape index (κ3) is 2.95. The lowest BCUT2D eigenvalue weighted by Gasteiger charge is -2.44. The molecule has 1 aromatic rings. The van der Waals surface area contributed by atoms with E-state index in [2.05, 4.69) is 11.8 Å². The van der Waals surface area contributed by atoms with Crippen molar-refractivity contribution in [3.63, 3.8) is 0 Å². The van der Waals surface area contributed by atoms with Gasteiger partial charge in [-0.25, -0.2) is 8.78 Å². The summed E-state index contributed by atoms with van der Waals surface area (Å²) < 4.78 is 26.4. The van der Waals surface area contributed by atoms with Gasteiger partial charge in [0.2, 0.25) is 0 Å². The van der Waals surface area contributed by atoms with E-state index in [9.17, 15) is 8.78 Å². The fraction of sp³-hybridized carbons (Fsp3) is 0.600. The van der Waals surface area contributed by atoms with Crippen LogP contribution >= 0.6 is 0 Å². The molecule has 0 spiro atoms. The highest BCUT2D eigenvalue weighted by Crippen LogP contribution is 2.32. The molecule has 0 radical (unpaired) electrons. The predicted octanol–water partition coefficient (Wildman–Crippen LogP) is 3.23. The third-order valence-corrected chi connectivity index (χ3v) is 4.24. The summed E-state index contributed by atoms with van der Waals surface area (Å²) in [4.78, 5) is 2.34. The molecular weight excluding hydrogens is 246 g/mol. The molecule has 19 heavy (non-hydrogen) atoms. The molecule has 3 unspecified atom stereocenters. The van der Waals surface area contributed by atoms with Crippen LogP contribution in [0.3, 0.4) is 0 Å². The molecule has 1 aliphatic rings. The van der Waals surface area contributed by atoms with Gasteiger partial charge in [0.05, 0.1) is 0 Å². The number of nitrogens with two attached hydrogens (primary N) is 1. The second kappa shape index (κ2) is 5.97. The molecule has 3 atom stereocenters. The van der Waals surface area contributed by atoms with E-state index in [4.69, 9.17) is 5.73 Å². The molecule has 2 rings (SSSR count). The van der Waals surface area contributed by atoms with E-state index in [0.29, 0.717) is 18.6 Å². The van der Waals surface area contributed by atoms with Gasteiger partial charge in [0, 0.05) is 24.7 Å². The summed E-state index contributed by atoms with van der Waals surface area (Å²) in [5, 5.41) is 0. The molecule has 2 N–H and O–H groups in total. The van der Waals surface area contributed by atoms with Crippen molar-refractivity contribution in [2.75, 3.05) is 6.54 Å². The largest absolute Gasteiger partial charge is 0.329 e. The van der Waals surface area contributed by atoms with Crippen LogP contribution in [0.1, 0.15) is 44.7 Å². The summed E-state index contributed by atoms with van der Waals surface area (Å²) in [6.45, 7) is 4.83. The maximum Gasteiger partial charge on any atom is 0.159 e. The summed E-state index contributed by atoms with van der Waals surface area (Å²) in [5.41, 5.74) is 6.66. The SMILES string of the molecule is CC1CCCC(CN)N1C(C)c1ccc(F)c(F)c1. The van der Waals surface area contributed by atoms with Gasteiger partial charge in [0.1, 0.15) is 0 Å². The van der Waals surface area contributed by atoms with Gasteiger partial charge in [-0.05, 0) is 44.4 Å². The van der Waals surface area contributed by atoms with E-state index in [1.807, 2.05) is 6.92 Å². The van der Waals surface area contributed by atoms with Gasteiger partial charge in [-0.2, -0.15) is 0 Å². The molecule has 106 valence electrons. The number of piperidine rings is 1. The van der Waals surface area contributed by atoms with Crippen molar-refractivity contribution in [2.24, 2.45) is 5.73 Å². The average molecular weight is 268 g/mol. The summed E-state index contributed by atoms with van der Waals surface area (Å²) in [7, 11) is 0. The molecule has 0 aliphatic carbocycles. The van der Waals surface area contributed by atoms with Crippen LogP contribution in [-0.4, -0.2) is 23.5 Å². The third-order valence-electron chi connectivity index (χ3n) is 4.24. The summed E-state index contributed by atoms with van der Waals surface area (Å²) in [5.74, 6) is -1.57. The van der Waals surface area contributed by atoms with Crippen molar-refractivity contribution in [3.8, 4) is 0 Å². The van der Waals surface area contributed by atoms with Gasteiger partial charge in [-0.1, -0.05) is 12.5 Å². The van der Waals surface area contributed by atoms with Crippen LogP contribution in [0.4, 0.5) is 8.78 Å². The lowest BCUT2D eigenvalue weighted by molar-refractivity contribution is 0.0568. The van der Waals surface area contributed by atoms with Crippen LogP contribution in [0.2, 0.25) is 0 Å². The molecule has 0 amide bonds. The fourth-order valence-corrected chi connectivity index (χ4v) is 3.19. The molecule has 1 aliphatic heterocycles. The Morgan fingerprint density at radius 3 is 2.68 bits per heavy atom. The van der Waals surface area contributed by atoms with Gasteiger partial charge in [-0.3, -0.25) is 4.90 Å². The molecule has 0 aromatic heterocycles. The van der Waals surface area contributed by atoms with Crippen LogP contribution in [0.5, 0.6) is 0 Å². The second-order valence-electron chi connectivity index (χ2n) is 5.47. The Morgan fingerprint density at radius 2 is 2.05 bits per heavy atom. The Bertz CT molecular complexity index is 436. The van der Waals surface area contributed by atoms with Crippen molar-refractivity contribution in [1.29, 1.82) is 0 Å². The number of benzene rings is 1. The van der Waals surface area contributed by atoms with Crippen molar-refractivity contribution in [3.05, 3.63) is 35.4 Å². The number of likely N-dealkylation sites (tertiary alicyclic amines) is 1. The second-order valence-corrected chi connectivity index (χ2v) is 5.47. The number of nitrogens with zero attached hydrogens (tertiary/aromatic N) is 1. The standard InChI is InChI=1S/C15H22F2N2/c1-10-4-3-5-13(9-18)19(10)11(2)12-6-7-14(16)15(17)8-12/h6-8,10-11,13H,3-5,9,18H2,1-2H3. The van der Waals surface area contributed by atoms with Gasteiger partial charge in [0.25, 0.3) is 0 Å². The Morgan fingerprint density at radius 1 is 1.32 bits per heavy atom. The zero-order valence-corrected chi connectivity index (χ0v) is 11.6. The molecule has 1 aromatic carbocycles.